The lowest BCUT2D eigenvalue weighted by atomic mass is 10.2. The molecule has 0 saturated carbocycles. The minimum atomic E-state index is -0.332. The molecule has 0 fully saturated rings. The number of nitrogens with zero attached hydrogens (tertiary/aromatic N) is 3. The number of rotatable bonds is 9. The number of carbonyl (C=O) groups is 2. The summed E-state index contributed by atoms with van der Waals surface area (Å²) in [6.45, 7) is 3.20. The smallest absolute Gasteiger partial charge is 0.306 e. The van der Waals surface area contributed by atoms with Crippen LogP contribution >= 0.6 is 0 Å². The minimum absolute atomic E-state index is 0. The van der Waals surface area contributed by atoms with Crippen LogP contribution in [-0.2, 0) is 14.3 Å². The van der Waals surface area contributed by atoms with Crippen LogP contribution in [0.3, 0.4) is 0 Å². The molecule has 0 atom stereocenters. The van der Waals surface area contributed by atoms with Gasteiger partial charge in [0.2, 0.25) is 5.91 Å². The van der Waals surface area contributed by atoms with Gasteiger partial charge in [0, 0.05) is 6.42 Å². The maximum absolute atomic E-state index is 12.3. The van der Waals surface area contributed by atoms with Gasteiger partial charge in [0.05, 0.1) is 82.0 Å². The summed E-state index contributed by atoms with van der Waals surface area (Å²) in [5, 5.41) is 0. The Morgan fingerprint density at radius 3 is 1.52 bits per heavy atom. The van der Waals surface area contributed by atoms with Crippen LogP contribution in [0.4, 0.5) is 0 Å². The Morgan fingerprint density at radius 1 is 0.826 bits per heavy atom. The van der Waals surface area contributed by atoms with Crippen molar-refractivity contribution >= 4 is 11.9 Å². The second-order valence-electron chi connectivity index (χ2n) is 7.48. The predicted molar refractivity (Wildman–Crippen MR) is 83.6 cm³/mol. The molecule has 0 aromatic carbocycles. The normalized spacial score (nSPS) is 11.1. The predicted octanol–water partition coefficient (Wildman–Crippen LogP) is -5.81. The zero-order chi connectivity index (χ0) is 16.7. The number of amides is 1. The third-order valence-electron chi connectivity index (χ3n) is 3.20. The highest BCUT2D eigenvalue weighted by Gasteiger charge is 2.20. The summed E-state index contributed by atoms with van der Waals surface area (Å²) in [5.41, 5.74) is 0. The van der Waals surface area contributed by atoms with Gasteiger partial charge in [-0.2, -0.15) is 0 Å². The molecule has 140 valence electrons. The molecule has 23 heavy (non-hydrogen) atoms. The first-order valence-corrected chi connectivity index (χ1v) is 7.40. The molecule has 0 aliphatic heterocycles. The van der Waals surface area contributed by atoms with Crippen molar-refractivity contribution in [3.63, 3.8) is 0 Å². The van der Waals surface area contributed by atoms with E-state index in [2.05, 4.69) is 47.0 Å². The van der Waals surface area contributed by atoms with E-state index in [-0.39, 0.29) is 58.7 Å². The molecule has 0 heterocycles. The maximum atomic E-state index is 12.3. The largest absolute Gasteiger partial charge is 1.00 e. The van der Waals surface area contributed by atoms with Gasteiger partial charge < -0.3 is 52.6 Å². The molecule has 0 saturated heterocycles. The highest BCUT2D eigenvalue weighted by atomic mass is 79.9. The Hall–Kier alpha value is -0.180. The van der Waals surface area contributed by atoms with E-state index in [0.29, 0.717) is 13.1 Å². The van der Waals surface area contributed by atoms with Gasteiger partial charge in [-0.25, -0.2) is 0 Å². The monoisotopic (exact) mass is 461 g/mol. The zero-order valence-electron chi connectivity index (χ0n) is 15.6. The lowest BCUT2D eigenvalue weighted by Crippen LogP contribution is -3.00. The highest BCUT2D eigenvalue weighted by molar-refractivity contribution is 5.81. The van der Waals surface area contributed by atoms with Crippen molar-refractivity contribution in [2.75, 3.05) is 75.6 Å². The molecule has 0 N–H and O–H groups in total. The quantitative estimate of drug-likeness (QED) is 0.253. The van der Waals surface area contributed by atoms with Crippen LogP contribution in [0.25, 0.3) is 0 Å². The van der Waals surface area contributed by atoms with E-state index in [0.717, 1.165) is 22.1 Å². The number of methoxy groups -OCH3 is 1. The number of hydrogen-bond acceptors (Lipinski definition) is 3. The first-order chi connectivity index (χ1) is 9.44. The Balaban J connectivity index is -0.00000200. The van der Waals surface area contributed by atoms with Crippen molar-refractivity contribution in [2.45, 2.75) is 12.8 Å². The summed E-state index contributed by atoms with van der Waals surface area (Å²) in [4.78, 5) is 25.3. The Kier molecular flexibility index (Phi) is 14.7. The first kappa shape index (κ1) is 27.7. The van der Waals surface area contributed by atoms with E-state index in [1.807, 2.05) is 4.90 Å². The molecule has 0 aliphatic rings. The summed E-state index contributed by atoms with van der Waals surface area (Å²) in [6.07, 6.45) is 0.377. The van der Waals surface area contributed by atoms with Crippen molar-refractivity contribution in [1.82, 2.24) is 4.90 Å². The number of ether oxygens (including phenoxy) is 1. The summed E-state index contributed by atoms with van der Waals surface area (Å²) >= 11 is 0. The van der Waals surface area contributed by atoms with Gasteiger partial charge in [-0.3, -0.25) is 9.59 Å². The molecule has 0 aromatic heterocycles. The van der Waals surface area contributed by atoms with Crippen LogP contribution in [0.15, 0.2) is 0 Å². The second-order valence-corrected chi connectivity index (χ2v) is 7.48. The van der Waals surface area contributed by atoms with Gasteiger partial charge in [0.15, 0.2) is 0 Å². The standard InChI is InChI=1S/C15H33N3O3.2BrH/c1-17(2,3)12-10-16(11-13-18(4,5)6)14(19)8-9-15(20)21-7;;/h8-13H2,1-7H3;2*1H/q+2;;/p-2. The van der Waals surface area contributed by atoms with Gasteiger partial charge in [0.1, 0.15) is 0 Å². The molecule has 0 radical (unpaired) electrons. The van der Waals surface area contributed by atoms with Gasteiger partial charge >= 0.3 is 5.97 Å². The van der Waals surface area contributed by atoms with Crippen molar-refractivity contribution in [1.29, 1.82) is 0 Å². The average molecular weight is 463 g/mol. The van der Waals surface area contributed by atoms with E-state index >= 15 is 0 Å². The summed E-state index contributed by atoms with van der Waals surface area (Å²) in [6, 6.07) is 0. The topological polar surface area (TPSA) is 46.6 Å². The van der Waals surface area contributed by atoms with E-state index in [4.69, 9.17) is 0 Å². The fourth-order valence-electron chi connectivity index (χ4n) is 1.67. The number of hydrogen-bond donors (Lipinski definition) is 0. The van der Waals surface area contributed by atoms with E-state index < -0.39 is 0 Å². The Bertz CT molecular complexity index is 335. The van der Waals surface area contributed by atoms with Gasteiger partial charge in [-0.05, 0) is 0 Å². The summed E-state index contributed by atoms with van der Waals surface area (Å²) in [7, 11) is 14.0. The third kappa shape index (κ3) is 16.5. The lowest BCUT2D eigenvalue weighted by molar-refractivity contribution is -0.872. The van der Waals surface area contributed by atoms with Crippen LogP contribution in [0.2, 0.25) is 0 Å². The molecular formula is C15H33Br2N3O3. The molecule has 0 aromatic rings. The van der Waals surface area contributed by atoms with Crippen molar-refractivity contribution in [3.05, 3.63) is 0 Å². The molecular weight excluding hydrogens is 430 g/mol. The van der Waals surface area contributed by atoms with E-state index in [1.54, 1.807) is 0 Å². The second kappa shape index (κ2) is 12.2. The number of halogens is 2. The van der Waals surface area contributed by atoms with Gasteiger partial charge in [-0.1, -0.05) is 0 Å². The fraction of sp³-hybridized carbons (Fsp3) is 0.867. The van der Waals surface area contributed by atoms with Crippen LogP contribution in [0.5, 0.6) is 0 Å². The Labute approximate surface area is 162 Å². The molecule has 0 rings (SSSR count). The summed E-state index contributed by atoms with van der Waals surface area (Å²) < 4.78 is 6.21. The lowest BCUT2D eigenvalue weighted by Gasteiger charge is -2.31. The minimum Gasteiger partial charge on any atom is -1.00 e. The molecule has 0 aliphatic carbocycles. The Morgan fingerprint density at radius 2 is 1.22 bits per heavy atom. The number of esters is 1. The van der Waals surface area contributed by atoms with Crippen LogP contribution in [0, 0.1) is 0 Å². The van der Waals surface area contributed by atoms with Crippen LogP contribution < -0.4 is 34.0 Å². The summed E-state index contributed by atoms with van der Waals surface area (Å²) in [5.74, 6) is -0.302. The number of carbonyl (C=O) groups excluding carboxylic acids is 2. The maximum Gasteiger partial charge on any atom is 0.306 e. The van der Waals surface area contributed by atoms with Crippen LogP contribution in [0.1, 0.15) is 12.8 Å². The van der Waals surface area contributed by atoms with Crippen molar-refractivity contribution in [2.24, 2.45) is 0 Å². The van der Waals surface area contributed by atoms with E-state index in [9.17, 15) is 9.59 Å². The number of quaternary nitrogens is 2. The molecule has 0 unspecified atom stereocenters. The zero-order valence-corrected chi connectivity index (χ0v) is 18.7. The van der Waals surface area contributed by atoms with Gasteiger partial charge in [0.25, 0.3) is 0 Å². The van der Waals surface area contributed by atoms with Crippen molar-refractivity contribution < 1.29 is 57.3 Å². The van der Waals surface area contributed by atoms with Crippen LogP contribution in [-0.4, -0.2) is 101 Å². The molecule has 0 spiro atoms. The SMILES string of the molecule is COC(=O)CCC(=O)N(CC[N+](C)(C)C)CC[N+](C)(C)C.[Br-].[Br-]. The molecule has 8 heteroatoms. The van der Waals surface area contributed by atoms with E-state index in [1.165, 1.54) is 7.11 Å². The third-order valence-corrected chi connectivity index (χ3v) is 3.20. The molecule has 6 nitrogen and oxygen atoms in total. The average Bonchev–Trinajstić information content (AvgIpc) is 2.32. The highest BCUT2D eigenvalue weighted by Crippen LogP contribution is 2.03. The molecule has 0 bridgehead atoms. The first-order valence-electron chi connectivity index (χ1n) is 7.40. The molecule has 1 amide bonds. The van der Waals surface area contributed by atoms with Gasteiger partial charge in [-0.15, -0.1) is 0 Å². The number of likely N-dealkylation sites (N-methyl/N-ethyl adjacent to an activating group) is 2. The van der Waals surface area contributed by atoms with Crippen molar-refractivity contribution in [3.8, 4) is 0 Å². The fourth-order valence-corrected chi connectivity index (χ4v) is 1.67.